The summed E-state index contributed by atoms with van der Waals surface area (Å²) in [5.74, 6) is 0.778. The zero-order valence-electron chi connectivity index (χ0n) is 13.0. The third-order valence-electron chi connectivity index (χ3n) is 3.02. The highest BCUT2D eigenvalue weighted by molar-refractivity contribution is 7.98. The van der Waals surface area contributed by atoms with Gasteiger partial charge in [0.2, 0.25) is 0 Å². The second-order valence-electron chi connectivity index (χ2n) is 4.80. The fourth-order valence-corrected chi connectivity index (χ4v) is 2.81. The molecule has 1 aromatic heterocycles. The lowest BCUT2D eigenvalue weighted by Gasteiger charge is -2.09. The fourth-order valence-electron chi connectivity index (χ4n) is 1.89. The molecular formula is C16H18N2O4S. The highest BCUT2D eigenvalue weighted by atomic mass is 32.2. The lowest BCUT2D eigenvalue weighted by molar-refractivity contribution is -0.140. The van der Waals surface area contributed by atoms with Gasteiger partial charge in [-0.3, -0.25) is 9.59 Å². The maximum Gasteiger partial charge on any atom is 0.307 e. The number of aromatic nitrogens is 1. The normalized spacial score (nSPS) is 10.3. The van der Waals surface area contributed by atoms with Crippen molar-refractivity contribution in [3.8, 4) is 0 Å². The molecule has 0 aliphatic rings. The minimum atomic E-state index is -0.353. The van der Waals surface area contributed by atoms with Crippen molar-refractivity contribution in [3.63, 3.8) is 0 Å². The van der Waals surface area contributed by atoms with E-state index in [-0.39, 0.29) is 24.8 Å². The molecule has 0 saturated heterocycles. The Hall–Kier alpha value is -2.28. The van der Waals surface area contributed by atoms with Crippen LogP contribution in [0.3, 0.4) is 0 Å². The average Bonchev–Trinajstić information content (AvgIpc) is 2.98. The molecule has 2 aromatic rings. The van der Waals surface area contributed by atoms with E-state index in [1.807, 2.05) is 25.1 Å². The number of ether oxygens (including phenoxy) is 1. The van der Waals surface area contributed by atoms with Crippen LogP contribution in [-0.4, -0.2) is 30.7 Å². The van der Waals surface area contributed by atoms with Crippen LogP contribution in [0.1, 0.15) is 28.2 Å². The highest BCUT2D eigenvalue weighted by Gasteiger charge is 2.12. The molecule has 2 rings (SSSR count). The molecule has 0 radical (unpaired) electrons. The monoisotopic (exact) mass is 334 g/mol. The summed E-state index contributed by atoms with van der Waals surface area (Å²) in [6.07, 6.45) is 0.148. The number of nitrogens with one attached hydrogen (secondary N) is 1. The van der Waals surface area contributed by atoms with E-state index in [2.05, 4.69) is 15.2 Å². The van der Waals surface area contributed by atoms with Gasteiger partial charge in [0.05, 0.1) is 30.5 Å². The second-order valence-corrected chi connectivity index (χ2v) is 5.82. The first kappa shape index (κ1) is 17.1. The fraction of sp³-hybridized carbons (Fsp3) is 0.312. The van der Waals surface area contributed by atoms with Crippen molar-refractivity contribution < 1.29 is 18.8 Å². The van der Waals surface area contributed by atoms with Crippen molar-refractivity contribution in [2.45, 2.75) is 24.0 Å². The minimum Gasteiger partial charge on any atom is -0.469 e. The molecule has 6 nitrogen and oxygen atoms in total. The molecular weight excluding hydrogens is 316 g/mol. The number of carbonyl (C=O) groups is 2. The Labute approximate surface area is 138 Å². The van der Waals surface area contributed by atoms with Gasteiger partial charge in [0.25, 0.3) is 5.91 Å². The Morgan fingerprint density at radius 2 is 2.13 bits per heavy atom. The molecule has 1 N–H and O–H groups in total. The Morgan fingerprint density at radius 3 is 2.83 bits per heavy atom. The van der Waals surface area contributed by atoms with Crippen molar-refractivity contribution >= 4 is 23.6 Å². The van der Waals surface area contributed by atoms with E-state index < -0.39 is 0 Å². The standard InChI is InChI=1S/C16H18N2O4S/c1-11-9-12(22-18-11)10-23-14-6-4-3-5-13(14)16(20)17-8-7-15(19)21-2/h3-6,9H,7-8,10H2,1-2H3,(H,17,20). The summed E-state index contributed by atoms with van der Waals surface area (Å²) >= 11 is 1.50. The molecule has 1 amide bonds. The topological polar surface area (TPSA) is 81.4 Å². The van der Waals surface area contributed by atoms with E-state index in [0.29, 0.717) is 11.3 Å². The summed E-state index contributed by atoms with van der Waals surface area (Å²) in [5.41, 5.74) is 1.40. The van der Waals surface area contributed by atoms with Gasteiger partial charge in [0.1, 0.15) is 5.76 Å². The van der Waals surface area contributed by atoms with Crippen LogP contribution in [0.15, 0.2) is 39.8 Å². The van der Waals surface area contributed by atoms with Crippen LogP contribution in [-0.2, 0) is 15.3 Å². The average molecular weight is 334 g/mol. The van der Waals surface area contributed by atoms with E-state index >= 15 is 0 Å². The van der Waals surface area contributed by atoms with Crippen molar-refractivity contribution in [1.29, 1.82) is 0 Å². The van der Waals surface area contributed by atoms with Gasteiger partial charge in [-0.25, -0.2) is 0 Å². The smallest absolute Gasteiger partial charge is 0.307 e. The zero-order chi connectivity index (χ0) is 16.7. The summed E-state index contributed by atoms with van der Waals surface area (Å²) in [6.45, 7) is 2.10. The molecule has 0 bridgehead atoms. The van der Waals surface area contributed by atoms with Crippen LogP contribution in [0.2, 0.25) is 0 Å². The number of hydrogen-bond donors (Lipinski definition) is 1. The Morgan fingerprint density at radius 1 is 1.35 bits per heavy atom. The number of amides is 1. The number of aryl methyl sites for hydroxylation is 1. The summed E-state index contributed by atoms with van der Waals surface area (Å²) < 4.78 is 9.71. The number of methoxy groups -OCH3 is 1. The largest absolute Gasteiger partial charge is 0.469 e. The van der Waals surface area contributed by atoms with Gasteiger partial charge in [0.15, 0.2) is 0 Å². The molecule has 1 heterocycles. The Kier molecular flexibility index (Phi) is 6.22. The number of hydrogen-bond acceptors (Lipinski definition) is 6. The predicted octanol–water partition coefficient (Wildman–Crippen LogP) is 2.57. The van der Waals surface area contributed by atoms with Crippen molar-refractivity contribution in [1.82, 2.24) is 10.5 Å². The summed E-state index contributed by atoms with van der Waals surface area (Å²) in [7, 11) is 1.32. The van der Waals surface area contributed by atoms with Crippen LogP contribution in [0, 0.1) is 6.92 Å². The van der Waals surface area contributed by atoms with E-state index in [1.54, 1.807) is 12.1 Å². The third-order valence-corrected chi connectivity index (χ3v) is 4.12. The maximum absolute atomic E-state index is 12.2. The van der Waals surface area contributed by atoms with Crippen LogP contribution in [0.25, 0.3) is 0 Å². The molecule has 122 valence electrons. The number of nitrogens with zero attached hydrogens (tertiary/aromatic N) is 1. The quantitative estimate of drug-likeness (QED) is 0.619. The predicted molar refractivity (Wildman–Crippen MR) is 86.2 cm³/mol. The van der Waals surface area contributed by atoms with Gasteiger partial charge >= 0.3 is 5.97 Å². The number of benzene rings is 1. The lowest BCUT2D eigenvalue weighted by atomic mass is 10.2. The molecule has 0 unspecified atom stereocenters. The first-order valence-corrected chi connectivity index (χ1v) is 8.07. The van der Waals surface area contributed by atoms with Crippen molar-refractivity contribution in [3.05, 3.63) is 47.3 Å². The van der Waals surface area contributed by atoms with E-state index in [4.69, 9.17) is 4.52 Å². The summed E-state index contributed by atoms with van der Waals surface area (Å²) in [5, 5.41) is 6.56. The molecule has 0 aliphatic heterocycles. The van der Waals surface area contributed by atoms with E-state index in [9.17, 15) is 9.59 Å². The van der Waals surface area contributed by atoms with Gasteiger partial charge in [-0.15, -0.1) is 11.8 Å². The highest BCUT2D eigenvalue weighted by Crippen LogP contribution is 2.26. The second kappa shape index (κ2) is 8.38. The molecule has 0 aliphatic carbocycles. The minimum absolute atomic E-state index is 0.148. The molecule has 0 fully saturated rings. The van der Waals surface area contributed by atoms with Crippen molar-refractivity contribution in [2.24, 2.45) is 0 Å². The Balaban J connectivity index is 1.96. The maximum atomic E-state index is 12.2. The van der Waals surface area contributed by atoms with Crippen LogP contribution in [0.5, 0.6) is 0 Å². The SMILES string of the molecule is COC(=O)CCNC(=O)c1ccccc1SCc1cc(C)no1. The van der Waals surface area contributed by atoms with Crippen molar-refractivity contribution in [2.75, 3.05) is 13.7 Å². The lowest BCUT2D eigenvalue weighted by Crippen LogP contribution is -2.26. The molecule has 23 heavy (non-hydrogen) atoms. The first-order chi connectivity index (χ1) is 11.1. The van der Waals surface area contributed by atoms with Crippen LogP contribution in [0.4, 0.5) is 0 Å². The van der Waals surface area contributed by atoms with Gasteiger partial charge in [-0.1, -0.05) is 17.3 Å². The van der Waals surface area contributed by atoms with Gasteiger partial charge in [-0.05, 0) is 19.1 Å². The summed E-state index contributed by atoms with van der Waals surface area (Å²) in [4.78, 5) is 24.1. The number of carbonyl (C=O) groups excluding carboxylic acids is 2. The molecule has 1 aromatic carbocycles. The number of esters is 1. The molecule has 7 heteroatoms. The van der Waals surface area contributed by atoms with Gasteiger partial charge in [0, 0.05) is 17.5 Å². The third kappa shape index (κ3) is 5.14. The van der Waals surface area contributed by atoms with Crippen LogP contribution < -0.4 is 5.32 Å². The molecule has 0 saturated carbocycles. The number of thioether (sulfide) groups is 1. The van der Waals surface area contributed by atoms with E-state index in [0.717, 1.165) is 16.3 Å². The Bertz CT molecular complexity index is 684. The zero-order valence-corrected chi connectivity index (χ0v) is 13.8. The van der Waals surface area contributed by atoms with E-state index in [1.165, 1.54) is 18.9 Å². The summed E-state index contributed by atoms with van der Waals surface area (Å²) in [6, 6.07) is 9.17. The molecule has 0 spiro atoms. The van der Waals surface area contributed by atoms with Crippen LogP contribution >= 0.6 is 11.8 Å². The van der Waals surface area contributed by atoms with Gasteiger partial charge < -0.3 is 14.6 Å². The molecule has 0 atom stereocenters. The first-order valence-electron chi connectivity index (χ1n) is 7.09. The number of rotatable bonds is 7. The van der Waals surface area contributed by atoms with Gasteiger partial charge in [-0.2, -0.15) is 0 Å².